The molecule has 0 bridgehead atoms. The van der Waals surface area contributed by atoms with Gasteiger partial charge in [0.1, 0.15) is 0 Å². The van der Waals surface area contributed by atoms with E-state index >= 15 is 0 Å². The molecule has 0 saturated carbocycles. The third-order valence-electron chi connectivity index (χ3n) is 14.2. The Morgan fingerprint density at radius 2 is 0.645 bits per heavy atom. The van der Waals surface area contributed by atoms with Crippen molar-refractivity contribution in [1.29, 1.82) is 0 Å². The van der Waals surface area contributed by atoms with Crippen LogP contribution in [0.2, 0.25) is 0 Å². The Labute approximate surface area is 362 Å². The number of benzene rings is 11. The topological polar surface area (TPSA) is 0 Å². The fraction of sp³-hybridized carbons (Fsp3) is 0.0323. The summed E-state index contributed by atoms with van der Waals surface area (Å²) in [6.07, 6.45) is 0. The molecule has 0 atom stereocenters. The van der Waals surface area contributed by atoms with Gasteiger partial charge in [0.25, 0.3) is 0 Å². The molecule has 11 aromatic carbocycles. The largest absolute Gasteiger partial charge is 0.0713 e. The van der Waals surface area contributed by atoms with Crippen molar-refractivity contribution >= 4 is 32.3 Å². The second kappa shape index (κ2) is 13.4. The summed E-state index contributed by atoms with van der Waals surface area (Å²) >= 11 is 0. The van der Waals surface area contributed by atoms with Gasteiger partial charge in [0.2, 0.25) is 0 Å². The zero-order valence-corrected chi connectivity index (χ0v) is 34.1. The summed E-state index contributed by atoms with van der Waals surface area (Å²) in [5, 5.41) is 7.75. The normalized spacial score (nSPS) is 14.1. The van der Waals surface area contributed by atoms with Crippen LogP contribution in [0.1, 0.15) is 44.5 Å². The Morgan fingerprint density at radius 1 is 0.226 bits per heavy atom. The van der Waals surface area contributed by atoms with Crippen molar-refractivity contribution in [3.63, 3.8) is 0 Å². The minimum atomic E-state index is -0.595. The van der Waals surface area contributed by atoms with Gasteiger partial charge >= 0.3 is 0 Å². The Balaban J connectivity index is 1.18. The first kappa shape index (κ1) is 35.0. The van der Waals surface area contributed by atoms with Crippen molar-refractivity contribution in [3.8, 4) is 33.4 Å². The van der Waals surface area contributed by atoms with Crippen LogP contribution < -0.4 is 0 Å². The van der Waals surface area contributed by atoms with Gasteiger partial charge < -0.3 is 0 Å². The highest BCUT2D eigenvalue weighted by atomic mass is 14.5. The highest BCUT2D eigenvalue weighted by molar-refractivity contribution is 6.15. The molecule has 11 aromatic rings. The fourth-order valence-electron chi connectivity index (χ4n) is 11.7. The lowest BCUT2D eigenvalue weighted by atomic mass is 9.55. The molecule has 0 aliphatic heterocycles. The summed E-state index contributed by atoms with van der Waals surface area (Å²) in [5.41, 5.74) is 16.7. The van der Waals surface area contributed by atoms with Crippen molar-refractivity contribution < 1.29 is 0 Å². The molecule has 0 amide bonds. The molecule has 2 aliphatic carbocycles. The summed E-state index contributed by atoms with van der Waals surface area (Å²) in [5.74, 6) is 0. The van der Waals surface area contributed by atoms with Gasteiger partial charge in [-0.3, -0.25) is 0 Å². The van der Waals surface area contributed by atoms with Gasteiger partial charge in [-0.15, -0.1) is 0 Å². The summed E-state index contributed by atoms with van der Waals surface area (Å²) in [6, 6.07) is 91.4. The Hall–Kier alpha value is -7.80. The number of rotatable bonds is 5. The minimum Gasteiger partial charge on any atom is -0.0622 e. The van der Waals surface area contributed by atoms with E-state index in [-0.39, 0.29) is 0 Å². The highest BCUT2D eigenvalue weighted by Gasteiger charge is 2.49. The van der Waals surface area contributed by atoms with E-state index in [2.05, 4.69) is 243 Å². The van der Waals surface area contributed by atoms with Gasteiger partial charge in [-0.25, -0.2) is 0 Å². The van der Waals surface area contributed by atoms with Crippen molar-refractivity contribution in [2.75, 3.05) is 0 Å². The maximum absolute atomic E-state index is 2.49. The number of hydrogen-bond donors (Lipinski definition) is 0. The lowest BCUT2D eigenvalue weighted by Crippen LogP contribution is -2.36. The fourth-order valence-corrected chi connectivity index (χ4v) is 11.7. The number of fused-ring (bicyclic) bond motifs is 7. The monoisotopic (exact) mass is 784 g/mol. The highest BCUT2D eigenvalue weighted by Crippen LogP contribution is 2.62. The van der Waals surface area contributed by atoms with E-state index < -0.39 is 10.8 Å². The second-order valence-electron chi connectivity index (χ2n) is 17.1. The molecule has 0 heterocycles. The minimum absolute atomic E-state index is 0.553. The van der Waals surface area contributed by atoms with Crippen LogP contribution in [-0.2, 0) is 10.8 Å². The van der Waals surface area contributed by atoms with E-state index in [1.165, 1.54) is 110 Å². The number of hydrogen-bond acceptors (Lipinski definition) is 0. The van der Waals surface area contributed by atoms with E-state index in [0.29, 0.717) is 0 Å². The molecule has 62 heavy (non-hydrogen) atoms. The summed E-state index contributed by atoms with van der Waals surface area (Å²) in [6.45, 7) is 0. The third kappa shape index (κ3) is 4.67. The molecular weight excluding hydrogens is 745 g/mol. The molecule has 0 saturated heterocycles. The first-order chi connectivity index (χ1) is 30.8. The lowest BCUT2D eigenvalue weighted by molar-refractivity contribution is 0.735. The SMILES string of the molecule is c1ccc(C2(c3ccccc3)c3ccccc3-c3ccc4c5c(ccc2c35)C(c2ccccc2)(c2ccccc2)c2ccc(-c3ccc5c(ccc6ccccc65)c3)cc2-4)cc1. The molecule has 13 rings (SSSR count). The molecule has 0 nitrogen and oxygen atoms in total. The van der Waals surface area contributed by atoms with Gasteiger partial charge in [-0.2, -0.15) is 0 Å². The van der Waals surface area contributed by atoms with Crippen LogP contribution in [0.5, 0.6) is 0 Å². The van der Waals surface area contributed by atoms with Crippen LogP contribution in [0.25, 0.3) is 65.7 Å². The van der Waals surface area contributed by atoms with Gasteiger partial charge in [-0.1, -0.05) is 231 Å². The molecule has 0 unspecified atom stereocenters. The van der Waals surface area contributed by atoms with E-state index in [1.54, 1.807) is 0 Å². The van der Waals surface area contributed by atoms with Crippen molar-refractivity contribution in [3.05, 3.63) is 287 Å². The van der Waals surface area contributed by atoms with Gasteiger partial charge in [0.15, 0.2) is 0 Å². The molecule has 0 radical (unpaired) electrons. The molecule has 0 spiro atoms. The second-order valence-corrected chi connectivity index (χ2v) is 17.1. The molecule has 0 N–H and O–H groups in total. The van der Waals surface area contributed by atoms with Gasteiger partial charge in [0, 0.05) is 0 Å². The maximum Gasteiger partial charge on any atom is 0.0713 e. The Kier molecular flexibility index (Phi) is 7.54. The summed E-state index contributed by atoms with van der Waals surface area (Å²) in [4.78, 5) is 0. The predicted molar refractivity (Wildman–Crippen MR) is 259 cm³/mol. The third-order valence-corrected chi connectivity index (χ3v) is 14.2. The standard InChI is InChI=1S/C62H40/c1-5-18-45(19-6-1)61(46-20-7-2-8-21-46)55-28-16-15-27-51(55)52-34-35-53-54-40-43(42-31-33-50-44(39-42)30-29-41-17-13-14-26-49(41)50)32-36-56(54)62(47-22-9-3-10-23-47,48-24-11-4-12-25-48)58-38-37-57(61)59(52)60(53)58/h1-40H. The summed E-state index contributed by atoms with van der Waals surface area (Å²) in [7, 11) is 0. The quantitative estimate of drug-likeness (QED) is 0.153. The van der Waals surface area contributed by atoms with Crippen LogP contribution in [0, 0.1) is 0 Å². The van der Waals surface area contributed by atoms with Crippen LogP contribution in [0.15, 0.2) is 243 Å². The molecule has 288 valence electrons. The first-order valence-corrected chi connectivity index (χ1v) is 21.8. The zero-order chi connectivity index (χ0) is 40.8. The van der Waals surface area contributed by atoms with Crippen LogP contribution in [0.4, 0.5) is 0 Å². The molecule has 0 heteroatoms. The van der Waals surface area contributed by atoms with Crippen molar-refractivity contribution in [2.24, 2.45) is 0 Å². The average Bonchev–Trinajstić information content (AvgIpc) is 3.36. The molecular formula is C62H40. The zero-order valence-electron chi connectivity index (χ0n) is 34.1. The van der Waals surface area contributed by atoms with Gasteiger partial charge in [-0.05, 0) is 122 Å². The van der Waals surface area contributed by atoms with E-state index in [4.69, 9.17) is 0 Å². The van der Waals surface area contributed by atoms with Gasteiger partial charge in [0.05, 0.1) is 10.8 Å². The van der Waals surface area contributed by atoms with Crippen LogP contribution >= 0.6 is 0 Å². The molecule has 0 aromatic heterocycles. The maximum atomic E-state index is 2.49. The summed E-state index contributed by atoms with van der Waals surface area (Å²) < 4.78 is 0. The molecule has 2 aliphatic rings. The van der Waals surface area contributed by atoms with Crippen LogP contribution in [-0.4, -0.2) is 0 Å². The van der Waals surface area contributed by atoms with E-state index in [1.807, 2.05) is 0 Å². The predicted octanol–water partition coefficient (Wildman–Crippen LogP) is 15.5. The average molecular weight is 785 g/mol. The van der Waals surface area contributed by atoms with E-state index in [9.17, 15) is 0 Å². The van der Waals surface area contributed by atoms with E-state index in [0.717, 1.165) is 0 Å². The first-order valence-electron chi connectivity index (χ1n) is 21.8. The van der Waals surface area contributed by atoms with Crippen molar-refractivity contribution in [2.45, 2.75) is 10.8 Å². The Morgan fingerprint density at radius 3 is 1.24 bits per heavy atom. The van der Waals surface area contributed by atoms with Crippen LogP contribution in [0.3, 0.4) is 0 Å². The Bertz CT molecular complexity index is 3470. The lowest BCUT2D eigenvalue weighted by Gasteiger charge is -2.46. The van der Waals surface area contributed by atoms with Crippen molar-refractivity contribution in [1.82, 2.24) is 0 Å². The smallest absolute Gasteiger partial charge is 0.0622 e. The molecule has 0 fully saturated rings.